The summed E-state index contributed by atoms with van der Waals surface area (Å²) in [5.41, 5.74) is 12.0. The van der Waals surface area contributed by atoms with Crippen LogP contribution < -0.4 is 27.4 Å². The average Bonchev–Trinajstić information content (AvgIpc) is 3.32. The van der Waals surface area contributed by atoms with E-state index in [1.165, 1.54) is 12.5 Å². The Kier molecular flexibility index (Phi) is 13.1. The minimum Gasteiger partial charge on any atom is -0.481 e. The smallest absolute Gasteiger partial charge is 0.326 e. The molecule has 10 N–H and O–H groups in total. The second-order valence-electron chi connectivity index (χ2n) is 8.79. The van der Waals surface area contributed by atoms with Gasteiger partial charge in [0.05, 0.1) is 12.4 Å². The number of aromatic nitrogens is 2. The zero-order valence-corrected chi connectivity index (χ0v) is 20.5. The maximum absolute atomic E-state index is 13.2. The number of aliphatic carboxylic acids is 2. The van der Waals surface area contributed by atoms with Crippen LogP contribution in [0, 0.1) is 5.92 Å². The van der Waals surface area contributed by atoms with E-state index in [1.807, 2.05) is 0 Å². The average molecular weight is 512 g/mol. The Labute approximate surface area is 209 Å². The third-order valence-corrected chi connectivity index (χ3v) is 5.47. The van der Waals surface area contributed by atoms with Crippen LogP contribution in [0.2, 0.25) is 0 Å². The molecule has 202 valence electrons. The van der Waals surface area contributed by atoms with Gasteiger partial charge in [-0.3, -0.25) is 19.2 Å². The molecule has 0 spiro atoms. The fourth-order valence-electron chi connectivity index (χ4n) is 3.23. The van der Waals surface area contributed by atoms with Crippen molar-refractivity contribution >= 4 is 29.7 Å². The lowest BCUT2D eigenvalue weighted by molar-refractivity contribution is -0.143. The van der Waals surface area contributed by atoms with Gasteiger partial charge in [0.15, 0.2) is 0 Å². The summed E-state index contributed by atoms with van der Waals surface area (Å²) in [4.78, 5) is 67.7. The number of carboxylic acid groups (broad SMARTS) is 2. The lowest BCUT2D eigenvalue weighted by Gasteiger charge is -2.25. The molecule has 3 amide bonds. The van der Waals surface area contributed by atoms with E-state index in [4.69, 9.17) is 16.6 Å². The van der Waals surface area contributed by atoms with Gasteiger partial charge in [-0.1, -0.05) is 13.8 Å². The molecule has 36 heavy (non-hydrogen) atoms. The van der Waals surface area contributed by atoms with Crippen LogP contribution in [0.4, 0.5) is 0 Å². The highest BCUT2D eigenvalue weighted by atomic mass is 16.4. The van der Waals surface area contributed by atoms with E-state index in [9.17, 15) is 29.1 Å². The maximum Gasteiger partial charge on any atom is 0.326 e. The van der Waals surface area contributed by atoms with Crippen molar-refractivity contribution in [3.63, 3.8) is 0 Å². The molecule has 0 saturated carbocycles. The van der Waals surface area contributed by atoms with Crippen molar-refractivity contribution in [3.05, 3.63) is 18.2 Å². The quantitative estimate of drug-likeness (QED) is 0.112. The Morgan fingerprint density at radius 2 is 1.56 bits per heavy atom. The van der Waals surface area contributed by atoms with E-state index in [1.54, 1.807) is 13.8 Å². The lowest BCUT2D eigenvalue weighted by Crippen LogP contribution is -2.58. The number of carbonyl (C=O) groups is 5. The molecular weight excluding hydrogens is 474 g/mol. The van der Waals surface area contributed by atoms with Gasteiger partial charge < -0.3 is 42.6 Å². The molecule has 14 nitrogen and oxygen atoms in total. The minimum absolute atomic E-state index is 0.0376. The van der Waals surface area contributed by atoms with Crippen molar-refractivity contribution in [1.82, 2.24) is 25.9 Å². The van der Waals surface area contributed by atoms with Gasteiger partial charge in [0.25, 0.3) is 0 Å². The van der Waals surface area contributed by atoms with Gasteiger partial charge in [-0.2, -0.15) is 0 Å². The van der Waals surface area contributed by atoms with Crippen LogP contribution in [-0.2, 0) is 30.4 Å². The van der Waals surface area contributed by atoms with Crippen molar-refractivity contribution in [1.29, 1.82) is 0 Å². The molecule has 0 aliphatic carbocycles. The van der Waals surface area contributed by atoms with Crippen molar-refractivity contribution in [2.24, 2.45) is 17.4 Å². The second kappa shape index (κ2) is 15.5. The Hall–Kier alpha value is -3.52. The number of nitrogens with zero attached hydrogens (tertiary/aromatic N) is 1. The number of hydrogen-bond donors (Lipinski definition) is 8. The second-order valence-corrected chi connectivity index (χ2v) is 8.79. The molecule has 0 saturated heterocycles. The van der Waals surface area contributed by atoms with Crippen molar-refractivity contribution < 1.29 is 34.2 Å². The summed E-state index contributed by atoms with van der Waals surface area (Å²) in [5, 5.41) is 25.7. The number of rotatable bonds is 17. The SMILES string of the molecule is CC(C)C(N)C(=O)NC(Cc1cnc[nH]1)C(=O)NC(CCCCN)C(=O)NC(CCC(=O)O)C(=O)O. The van der Waals surface area contributed by atoms with Crippen LogP contribution in [0.25, 0.3) is 0 Å². The fraction of sp³-hybridized carbons (Fsp3) is 0.636. The number of unbranched alkanes of at least 4 members (excludes halogenated alkanes) is 1. The molecule has 4 unspecified atom stereocenters. The number of carbonyl (C=O) groups excluding carboxylic acids is 3. The first-order valence-electron chi connectivity index (χ1n) is 11.7. The Morgan fingerprint density at radius 1 is 0.944 bits per heavy atom. The first-order valence-corrected chi connectivity index (χ1v) is 11.7. The largest absolute Gasteiger partial charge is 0.481 e. The molecule has 1 aromatic heterocycles. The first-order chi connectivity index (χ1) is 17.0. The zero-order valence-electron chi connectivity index (χ0n) is 20.5. The minimum atomic E-state index is -1.45. The van der Waals surface area contributed by atoms with E-state index in [2.05, 4.69) is 25.9 Å². The van der Waals surface area contributed by atoms with Crippen LogP contribution in [0.5, 0.6) is 0 Å². The van der Waals surface area contributed by atoms with Gasteiger partial charge in [-0.15, -0.1) is 0 Å². The fourth-order valence-corrected chi connectivity index (χ4v) is 3.23. The standard InChI is InChI=1S/C22H37N7O7/c1-12(2)18(24)21(34)29-16(9-13-10-25-11-26-13)20(33)27-14(5-3-4-8-23)19(32)28-15(22(35)36)6-7-17(30)31/h10-12,14-16,18H,3-9,23-24H2,1-2H3,(H,25,26)(H,27,33)(H,28,32)(H,29,34)(H,30,31)(H,35,36). The molecule has 0 aliphatic rings. The van der Waals surface area contributed by atoms with Crippen LogP contribution in [0.3, 0.4) is 0 Å². The molecule has 0 radical (unpaired) electrons. The first kappa shape index (κ1) is 30.5. The molecule has 1 heterocycles. The predicted octanol–water partition coefficient (Wildman–Crippen LogP) is -1.53. The highest BCUT2D eigenvalue weighted by Crippen LogP contribution is 2.07. The van der Waals surface area contributed by atoms with E-state index in [0.717, 1.165) is 0 Å². The number of carboxylic acids is 2. The van der Waals surface area contributed by atoms with Gasteiger partial charge in [0, 0.05) is 24.7 Å². The number of amides is 3. The summed E-state index contributed by atoms with van der Waals surface area (Å²) in [5.74, 6) is -4.81. The topological polar surface area (TPSA) is 243 Å². The third-order valence-electron chi connectivity index (χ3n) is 5.47. The number of nitrogens with one attached hydrogen (secondary N) is 4. The molecule has 0 bridgehead atoms. The Balaban J connectivity index is 3.05. The highest BCUT2D eigenvalue weighted by Gasteiger charge is 2.31. The van der Waals surface area contributed by atoms with Gasteiger partial charge >= 0.3 is 11.9 Å². The van der Waals surface area contributed by atoms with Crippen molar-refractivity contribution in [2.75, 3.05) is 6.54 Å². The monoisotopic (exact) mass is 511 g/mol. The van der Waals surface area contributed by atoms with Gasteiger partial charge in [-0.25, -0.2) is 9.78 Å². The Bertz CT molecular complexity index is 876. The molecule has 1 aromatic rings. The van der Waals surface area contributed by atoms with Crippen LogP contribution in [0.1, 0.15) is 51.6 Å². The number of imidazole rings is 1. The molecular formula is C22H37N7O7. The molecule has 0 aromatic carbocycles. The molecule has 0 aliphatic heterocycles. The summed E-state index contributed by atoms with van der Waals surface area (Å²) in [6.07, 6.45) is 3.31. The lowest BCUT2D eigenvalue weighted by atomic mass is 10.0. The van der Waals surface area contributed by atoms with Crippen LogP contribution in [-0.4, -0.2) is 80.6 Å². The zero-order chi connectivity index (χ0) is 27.3. The third kappa shape index (κ3) is 10.8. The Morgan fingerprint density at radius 3 is 2.08 bits per heavy atom. The van der Waals surface area contributed by atoms with E-state index in [0.29, 0.717) is 25.1 Å². The molecule has 0 fully saturated rings. The maximum atomic E-state index is 13.2. The molecule has 14 heteroatoms. The summed E-state index contributed by atoms with van der Waals surface area (Å²) in [7, 11) is 0. The highest BCUT2D eigenvalue weighted by molar-refractivity contribution is 5.94. The number of aromatic amines is 1. The van der Waals surface area contributed by atoms with Gasteiger partial charge in [0.2, 0.25) is 17.7 Å². The summed E-state index contributed by atoms with van der Waals surface area (Å²) >= 11 is 0. The normalized spacial score (nSPS) is 14.4. The number of H-pyrrole nitrogens is 1. The predicted molar refractivity (Wildman–Crippen MR) is 128 cm³/mol. The van der Waals surface area contributed by atoms with E-state index in [-0.39, 0.29) is 25.2 Å². The van der Waals surface area contributed by atoms with E-state index >= 15 is 0 Å². The summed E-state index contributed by atoms with van der Waals surface area (Å²) < 4.78 is 0. The summed E-state index contributed by atoms with van der Waals surface area (Å²) in [6, 6.07) is -4.56. The van der Waals surface area contributed by atoms with Gasteiger partial charge in [-0.05, 0) is 38.1 Å². The van der Waals surface area contributed by atoms with Crippen molar-refractivity contribution in [2.45, 2.75) is 76.5 Å². The summed E-state index contributed by atoms with van der Waals surface area (Å²) in [6.45, 7) is 3.87. The van der Waals surface area contributed by atoms with Crippen molar-refractivity contribution in [3.8, 4) is 0 Å². The number of hydrogen-bond acceptors (Lipinski definition) is 8. The van der Waals surface area contributed by atoms with Crippen LogP contribution >= 0.6 is 0 Å². The van der Waals surface area contributed by atoms with E-state index < -0.39 is 60.2 Å². The van der Waals surface area contributed by atoms with Gasteiger partial charge in [0.1, 0.15) is 18.1 Å². The number of nitrogens with two attached hydrogens (primary N) is 2. The molecule has 1 rings (SSSR count). The molecule has 4 atom stereocenters. The van der Waals surface area contributed by atoms with Crippen LogP contribution in [0.15, 0.2) is 12.5 Å².